The van der Waals surface area contributed by atoms with E-state index in [0.717, 1.165) is 25.0 Å². The summed E-state index contributed by atoms with van der Waals surface area (Å²) in [5.74, 6) is -0.444. The Morgan fingerprint density at radius 2 is 1.57 bits per heavy atom. The molecule has 0 aromatic heterocycles. The minimum Gasteiger partial charge on any atom is -0.372 e. The molecule has 4 rings (SSSR count). The number of anilines is 1. The smallest absolute Gasteiger partial charge is 0.372 e. The molecule has 1 fully saturated rings. The molecule has 1 amide bonds. The van der Waals surface area contributed by atoms with Crippen molar-refractivity contribution in [2.75, 3.05) is 5.32 Å². The fourth-order valence-corrected chi connectivity index (χ4v) is 5.09. The molecule has 6 nitrogen and oxygen atoms in total. The Hall–Kier alpha value is -3.21. The largest absolute Gasteiger partial charge is 0.425 e. The standard InChI is InChI=1S/C25H23F3N2O4S/c1-16(31)29-23-14-9-19(24(32,25(26,27)28)18-5-3-2-4-6-18)15-22(23)17-7-12-21(13-8-17)35(33,34)30-20-10-11-20/h2-9,12-15,20,30,32H,10-11H2,1H3,(H,29,31). The lowest BCUT2D eigenvalue weighted by molar-refractivity contribution is -0.248. The van der Waals surface area contributed by atoms with E-state index in [2.05, 4.69) is 10.0 Å². The highest BCUT2D eigenvalue weighted by Crippen LogP contribution is 2.46. The van der Waals surface area contributed by atoms with Crippen LogP contribution >= 0.6 is 0 Å². The van der Waals surface area contributed by atoms with Crippen LogP contribution in [0.1, 0.15) is 30.9 Å². The highest BCUT2D eigenvalue weighted by Gasteiger charge is 2.56. The third-order valence-electron chi connectivity index (χ3n) is 5.72. The van der Waals surface area contributed by atoms with Crippen LogP contribution in [-0.2, 0) is 20.4 Å². The van der Waals surface area contributed by atoms with Crippen molar-refractivity contribution in [3.63, 3.8) is 0 Å². The van der Waals surface area contributed by atoms with Gasteiger partial charge in [-0.2, -0.15) is 13.2 Å². The van der Waals surface area contributed by atoms with Crippen molar-refractivity contribution >= 4 is 21.6 Å². The molecule has 3 aromatic rings. The number of aliphatic hydroxyl groups is 1. The number of hydrogen-bond donors (Lipinski definition) is 3. The first kappa shape index (κ1) is 24.9. The van der Waals surface area contributed by atoms with E-state index in [9.17, 15) is 31.5 Å². The molecule has 0 aliphatic heterocycles. The molecule has 0 bridgehead atoms. The van der Waals surface area contributed by atoms with Crippen molar-refractivity contribution in [3.8, 4) is 11.1 Å². The summed E-state index contributed by atoms with van der Waals surface area (Å²) in [7, 11) is -3.72. The fourth-order valence-electron chi connectivity index (χ4n) is 3.78. The number of benzene rings is 3. The fraction of sp³-hybridized carbons (Fsp3) is 0.240. The molecule has 0 spiro atoms. The minimum absolute atomic E-state index is 0.0152. The Bertz CT molecular complexity index is 1340. The van der Waals surface area contributed by atoms with Gasteiger partial charge < -0.3 is 10.4 Å². The number of sulfonamides is 1. The Labute approximate surface area is 200 Å². The number of nitrogens with one attached hydrogen (secondary N) is 2. The van der Waals surface area contributed by atoms with E-state index in [1.165, 1.54) is 61.5 Å². The normalized spacial score (nSPS) is 15.9. The van der Waals surface area contributed by atoms with Crippen LogP contribution in [0, 0.1) is 0 Å². The maximum Gasteiger partial charge on any atom is 0.425 e. The number of halogens is 3. The topological polar surface area (TPSA) is 95.5 Å². The summed E-state index contributed by atoms with van der Waals surface area (Å²) >= 11 is 0. The Balaban J connectivity index is 1.82. The lowest BCUT2D eigenvalue weighted by atomic mass is 9.84. The second-order valence-corrected chi connectivity index (χ2v) is 10.1. The zero-order valence-electron chi connectivity index (χ0n) is 18.6. The van der Waals surface area contributed by atoms with Gasteiger partial charge in [-0.15, -0.1) is 0 Å². The lowest BCUT2D eigenvalue weighted by Crippen LogP contribution is -2.43. The van der Waals surface area contributed by atoms with Crippen LogP contribution in [0.3, 0.4) is 0 Å². The van der Waals surface area contributed by atoms with Crippen LogP contribution in [0.2, 0.25) is 0 Å². The van der Waals surface area contributed by atoms with Gasteiger partial charge in [0.25, 0.3) is 0 Å². The van der Waals surface area contributed by atoms with E-state index in [0.29, 0.717) is 5.56 Å². The predicted molar refractivity (Wildman–Crippen MR) is 125 cm³/mol. The van der Waals surface area contributed by atoms with Gasteiger partial charge in [-0.25, -0.2) is 13.1 Å². The van der Waals surface area contributed by atoms with Gasteiger partial charge in [0.05, 0.1) is 4.90 Å². The van der Waals surface area contributed by atoms with Crippen LogP contribution in [0.25, 0.3) is 11.1 Å². The monoisotopic (exact) mass is 504 g/mol. The van der Waals surface area contributed by atoms with E-state index in [1.54, 1.807) is 6.07 Å². The molecule has 1 unspecified atom stereocenters. The number of carbonyl (C=O) groups is 1. The zero-order valence-corrected chi connectivity index (χ0v) is 19.5. The van der Waals surface area contributed by atoms with Gasteiger partial charge in [-0.3, -0.25) is 4.79 Å². The van der Waals surface area contributed by atoms with Crippen molar-refractivity contribution in [2.24, 2.45) is 0 Å². The van der Waals surface area contributed by atoms with Crippen molar-refractivity contribution < 1.29 is 31.5 Å². The van der Waals surface area contributed by atoms with Crippen molar-refractivity contribution in [3.05, 3.63) is 83.9 Å². The summed E-state index contributed by atoms with van der Waals surface area (Å²) in [4.78, 5) is 11.7. The summed E-state index contributed by atoms with van der Waals surface area (Å²) in [6.45, 7) is 1.26. The molecule has 184 valence electrons. The molecular weight excluding hydrogens is 481 g/mol. The van der Waals surface area contributed by atoms with E-state index >= 15 is 0 Å². The first-order chi connectivity index (χ1) is 16.4. The van der Waals surface area contributed by atoms with Gasteiger partial charge in [-0.1, -0.05) is 48.5 Å². The maximum atomic E-state index is 14.2. The number of rotatable bonds is 7. The average molecular weight is 505 g/mol. The molecule has 0 saturated heterocycles. The molecule has 1 atom stereocenters. The van der Waals surface area contributed by atoms with Crippen LogP contribution in [0.5, 0.6) is 0 Å². The van der Waals surface area contributed by atoms with Gasteiger partial charge in [0, 0.05) is 24.2 Å². The van der Waals surface area contributed by atoms with Gasteiger partial charge in [0.2, 0.25) is 21.5 Å². The molecule has 0 heterocycles. The summed E-state index contributed by atoms with van der Waals surface area (Å²) in [5, 5.41) is 13.6. The quantitative estimate of drug-likeness (QED) is 0.440. The Morgan fingerprint density at radius 3 is 2.11 bits per heavy atom. The summed E-state index contributed by atoms with van der Waals surface area (Å²) in [6, 6.07) is 15.7. The van der Waals surface area contributed by atoms with Crippen molar-refractivity contribution in [1.82, 2.24) is 4.72 Å². The van der Waals surface area contributed by atoms with E-state index < -0.39 is 33.3 Å². The molecule has 1 aliphatic rings. The van der Waals surface area contributed by atoms with Gasteiger partial charge in [0.15, 0.2) is 0 Å². The summed E-state index contributed by atoms with van der Waals surface area (Å²) in [5.41, 5.74) is -3.36. The first-order valence-electron chi connectivity index (χ1n) is 10.8. The van der Waals surface area contributed by atoms with Crippen LogP contribution < -0.4 is 10.0 Å². The third kappa shape index (κ3) is 5.09. The minimum atomic E-state index is -5.05. The third-order valence-corrected chi connectivity index (χ3v) is 7.26. The highest BCUT2D eigenvalue weighted by atomic mass is 32.2. The molecule has 1 aliphatic carbocycles. The molecule has 10 heteroatoms. The number of alkyl halides is 3. The van der Waals surface area contributed by atoms with E-state index in [4.69, 9.17) is 0 Å². The molecule has 0 radical (unpaired) electrons. The van der Waals surface area contributed by atoms with Gasteiger partial charge >= 0.3 is 6.18 Å². The molecule has 3 aromatic carbocycles. The first-order valence-corrected chi connectivity index (χ1v) is 12.3. The van der Waals surface area contributed by atoms with E-state index in [1.807, 2.05) is 0 Å². The SMILES string of the molecule is CC(=O)Nc1ccc(C(O)(c2ccccc2)C(F)(F)F)cc1-c1ccc(S(=O)(=O)NC2CC2)cc1. The summed E-state index contributed by atoms with van der Waals surface area (Å²) < 4.78 is 70.2. The van der Waals surface area contributed by atoms with Crippen molar-refractivity contribution in [2.45, 2.75) is 42.5 Å². The maximum absolute atomic E-state index is 14.2. The zero-order chi connectivity index (χ0) is 25.4. The van der Waals surface area contributed by atoms with Crippen LogP contribution in [0.15, 0.2) is 77.7 Å². The number of amides is 1. The molecule has 35 heavy (non-hydrogen) atoms. The number of carbonyl (C=O) groups excluding carboxylic acids is 1. The second-order valence-electron chi connectivity index (χ2n) is 8.44. The Kier molecular flexibility index (Phi) is 6.48. The molecule has 1 saturated carbocycles. The van der Waals surface area contributed by atoms with Crippen molar-refractivity contribution in [1.29, 1.82) is 0 Å². The Morgan fingerprint density at radius 1 is 0.943 bits per heavy atom. The molecule has 3 N–H and O–H groups in total. The summed E-state index contributed by atoms with van der Waals surface area (Å²) in [6.07, 6.45) is -3.50. The number of hydrogen-bond acceptors (Lipinski definition) is 4. The van der Waals surface area contributed by atoms with Gasteiger partial charge in [0.1, 0.15) is 0 Å². The van der Waals surface area contributed by atoms with Crippen LogP contribution in [0.4, 0.5) is 18.9 Å². The van der Waals surface area contributed by atoms with E-state index in [-0.39, 0.29) is 27.8 Å². The lowest BCUT2D eigenvalue weighted by Gasteiger charge is -2.32. The molecular formula is C25H23F3N2O4S. The second kappa shape index (κ2) is 9.10. The van der Waals surface area contributed by atoms with Gasteiger partial charge in [-0.05, 0) is 53.8 Å². The highest BCUT2D eigenvalue weighted by molar-refractivity contribution is 7.89. The average Bonchev–Trinajstić information content (AvgIpc) is 3.62. The predicted octanol–water partition coefficient (Wildman–Crippen LogP) is 4.55. The van der Waals surface area contributed by atoms with Crippen LogP contribution in [-0.4, -0.2) is 31.6 Å².